The molecule has 0 spiro atoms. The minimum Gasteiger partial charge on any atom is -0.368 e. The Bertz CT molecular complexity index is 1410. The number of carbonyl (C=O) groups is 2. The third kappa shape index (κ3) is 3.26. The number of nitrogens with zero attached hydrogens (tertiary/aromatic N) is 3. The average molecular weight is 428 g/mol. The number of hydrogen-bond acceptors (Lipinski definition) is 4. The number of aryl methyl sites for hydroxylation is 1. The van der Waals surface area contributed by atoms with Crippen LogP contribution in [0.25, 0.3) is 21.8 Å². The first-order valence-corrected chi connectivity index (χ1v) is 10.7. The highest BCUT2D eigenvalue weighted by Gasteiger charge is 2.26. The van der Waals surface area contributed by atoms with Gasteiger partial charge in [0.05, 0.1) is 16.4 Å². The number of rotatable bonds is 3. The molecular formula is C25H24N4O3. The van der Waals surface area contributed by atoms with Gasteiger partial charge in [-0.15, -0.1) is 0 Å². The van der Waals surface area contributed by atoms with Crippen molar-refractivity contribution in [1.82, 2.24) is 14.5 Å². The Morgan fingerprint density at radius 1 is 0.906 bits per heavy atom. The second-order valence-electron chi connectivity index (χ2n) is 8.23. The average Bonchev–Trinajstić information content (AvgIpc) is 3.17. The molecule has 0 radical (unpaired) electrons. The van der Waals surface area contributed by atoms with Gasteiger partial charge in [-0.05, 0) is 43.3 Å². The summed E-state index contributed by atoms with van der Waals surface area (Å²) < 4.78 is 1.84. The summed E-state index contributed by atoms with van der Waals surface area (Å²) >= 11 is 0. The van der Waals surface area contributed by atoms with Crippen molar-refractivity contribution in [2.24, 2.45) is 7.05 Å². The fourth-order valence-corrected chi connectivity index (χ4v) is 4.53. The lowest BCUT2D eigenvalue weighted by molar-refractivity contribution is 0.0737. The molecule has 4 aromatic rings. The van der Waals surface area contributed by atoms with Crippen LogP contribution >= 0.6 is 0 Å². The van der Waals surface area contributed by atoms with Gasteiger partial charge in [-0.2, -0.15) is 0 Å². The van der Waals surface area contributed by atoms with Gasteiger partial charge >= 0.3 is 0 Å². The molecule has 3 heterocycles. The number of fused-ring (bicyclic) bond motifs is 3. The van der Waals surface area contributed by atoms with Gasteiger partial charge in [-0.3, -0.25) is 14.4 Å². The Morgan fingerprint density at radius 2 is 1.59 bits per heavy atom. The van der Waals surface area contributed by atoms with Crippen LogP contribution < -0.4 is 10.5 Å². The van der Waals surface area contributed by atoms with Crippen LogP contribution in [0.4, 0.5) is 5.69 Å². The molecule has 32 heavy (non-hydrogen) atoms. The second-order valence-corrected chi connectivity index (χ2v) is 8.23. The Hall–Kier alpha value is -3.87. The van der Waals surface area contributed by atoms with Crippen molar-refractivity contribution in [2.75, 3.05) is 31.1 Å². The molecule has 1 aliphatic heterocycles. The van der Waals surface area contributed by atoms with Crippen LogP contribution in [0.3, 0.4) is 0 Å². The summed E-state index contributed by atoms with van der Waals surface area (Å²) in [4.78, 5) is 44.4. The molecule has 1 amide bonds. The zero-order valence-corrected chi connectivity index (χ0v) is 18.1. The number of H-pyrrole nitrogens is 1. The zero-order valence-electron chi connectivity index (χ0n) is 18.1. The van der Waals surface area contributed by atoms with Gasteiger partial charge in [-0.1, -0.05) is 18.2 Å². The van der Waals surface area contributed by atoms with Gasteiger partial charge in [0.2, 0.25) is 0 Å². The Labute approximate surface area is 184 Å². The van der Waals surface area contributed by atoms with Crippen LogP contribution in [-0.2, 0) is 7.05 Å². The van der Waals surface area contributed by atoms with Gasteiger partial charge in [0, 0.05) is 49.9 Å². The summed E-state index contributed by atoms with van der Waals surface area (Å²) in [5.74, 6) is -0.0210. The standard InChI is InChI=1S/C25H24N4O3/c1-16(30)17-7-9-18(10-8-17)28-11-13-29(14-12-28)25(32)22-15-20-23(27(22)2)19-5-3-4-6-21(19)26-24(20)31/h3-10,15H,11-14H2,1-2H3,(H,26,31). The molecule has 2 aromatic heterocycles. The van der Waals surface area contributed by atoms with Crippen LogP contribution in [0.2, 0.25) is 0 Å². The maximum atomic E-state index is 13.3. The summed E-state index contributed by atoms with van der Waals surface area (Å²) in [5, 5.41) is 1.45. The number of piperazine rings is 1. The molecule has 7 heteroatoms. The van der Waals surface area contributed by atoms with E-state index in [4.69, 9.17) is 0 Å². The Balaban J connectivity index is 1.39. The van der Waals surface area contributed by atoms with Crippen molar-refractivity contribution >= 4 is 39.2 Å². The lowest BCUT2D eigenvalue weighted by Gasteiger charge is -2.36. The smallest absolute Gasteiger partial charge is 0.270 e. The van der Waals surface area contributed by atoms with E-state index in [2.05, 4.69) is 9.88 Å². The summed E-state index contributed by atoms with van der Waals surface area (Å²) in [7, 11) is 1.84. The predicted octanol–water partition coefficient (Wildman–Crippen LogP) is 3.18. The minimum absolute atomic E-state index is 0.0496. The number of ketones is 1. The number of hydrogen-bond donors (Lipinski definition) is 1. The topological polar surface area (TPSA) is 78.4 Å². The van der Waals surface area contributed by atoms with Crippen LogP contribution in [0, 0.1) is 0 Å². The highest BCUT2D eigenvalue weighted by atomic mass is 16.2. The van der Waals surface area contributed by atoms with Crippen LogP contribution in [0.1, 0.15) is 27.8 Å². The van der Waals surface area contributed by atoms with E-state index in [1.807, 2.05) is 65.0 Å². The predicted molar refractivity (Wildman–Crippen MR) is 126 cm³/mol. The first kappa shape index (κ1) is 20.1. The van der Waals surface area contributed by atoms with E-state index in [9.17, 15) is 14.4 Å². The number of carbonyl (C=O) groups excluding carboxylic acids is 2. The number of amides is 1. The minimum atomic E-state index is -0.188. The molecule has 7 nitrogen and oxygen atoms in total. The molecule has 1 saturated heterocycles. The number of Topliss-reactive ketones (excluding diaryl/α,β-unsaturated/α-hetero) is 1. The number of nitrogens with one attached hydrogen (secondary N) is 1. The molecule has 1 aliphatic rings. The summed E-state index contributed by atoms with van der Waals surface area (Å²) in [6, 6.07) is 16.9. The van der Waals surface area contributed by atoms with E-state index in [1.165, 1.54) is 0 Å². The lowest BCUT2D eigenvalue weighted by Crippen LogP contribution is -2.49. The molecule has 0 unspecified atom stereocenters. The van der Waals surface area contributed by atoms with Crippen molar-refractivity contribution in [3.63, 3.8) is 0 Å². The maximum absolute atomic E-state index is 13.3. The van der Waals surface area contributed by atoms with Gasteiger partial charge in [0.1, 0.15) is 5.69 Å². The van der Waals surface area contributed by atoms with Gasteiger partial charge < -0.3 is 19.4 Å². The van der Waals surface area contributed by atoms with E-state index in [0.29, 0.717) is 42.8 Å². The van der Waals surface area contributed by atoms with Crippen molar-refractivity contribution in [3.05, 3.63) is 76.2 Å². The monoisotopic (exact) mass is 428 g/mol. The number of benzene rings is 2. The lowest BCUT2D eigenvalue weighted by atomic mass is 10.1. The summed E-state index contributed by atoms with van der Waals surface area (Å²) in [6.07, 6.45) is 0. The van der Waals surface area contributed by atoms with E-state index >= 15 is 0 Å². The number of para-hydroxylation sites is 1. The molecule has 0 atom stereocenters. The summed E-state index contributed by atoms with van der Waals surface area (Å²) in [5.41, 5.74) is 3.60. The fraction of sp³-hybridized carbons (Fsp3) is 0.240. The Morgan fingerprint density at radius 3 is 2.28 bits per heavy atom. The number of anilines is 1. The molecule has 0 bridgehead atoms. The van der Waals surface area contributed by atoms with Gasteiger partial charge in [0.25, 0.3) is 11.5 Å². The number of aromatic nitrogens is 2. The third-order valence-corrected chi connectivity index (χ3v) is 6.33. The second kappa shape index (κ2) is 7.67. The van der Waals surface area contributed by atoms with Crippen LogP contribution in [0.15, 0.2) is 59.4 Å². The highest BCUT2D eigenvalue weighted by Crippen LogP contribution is 2.25. The molecule has 5 rings (SSSR count). The van der Waals surface area contributed by atoms with Crippen molar-refractivity contribution in [3.8, 4) is 0 Å². The van der Waals surface area contributed by atoms with E-state index < -0.39 is 0 Å². The van der Waals surface area contributed by atoms with E-state index in [1.54, 1.807) is 13.0 Å². The maximum Gasteiger partial charge on any atom is 0.270 e. The first-order valence-electron chi connectivity index (χ1n) is 10.7. The third-order valence-electron chi connectivity index (χ3n) is 6.33. The highest BCUT2D eigenvalue weighted by molar-refractivity contribution is 6.08. The molecule has 0 aliphatic carbocycles. The van der Waals surface area contributed by atoms with Gasteiger partial charge in [-0.25, -0.2) is 0 Å². The van der Waals surface area contributed by atoms with Crippen LogP contribution in [-0.4, -0.2) is 52.3 Å². The molecule has 162 valence electrons. The zero-order chi connectivity index (χ0) is 22.4. The van der Waals surface area contributed by atoms with Crippen molar-refractivity contribution in [2.45, 2.75) is 6.92 Å². The first-order chi connectivity index (χ1) is 15.4. The van der Waals surface area contributed by atoms with Crippen molar-refractivity contribution in [1.29, 1.82) is 0 Å². The fourth-order valence-electron chi connectivity index (χ4n) is 4.53. The normalized spacial score (nSPS) is 14.3. The van der Waals surface area contributed by atoms with Crippen LogP contribution in [0.5, 0.6) is 0 Å². The molecule has 0 saturated carbocycles. The quantitative estimate of drug-likeness (QED) is 0.509. The number of pyridine rings is 1. The van der Waals surface area contributed by atoms with Gasteiger partial charge in [0.15, 0.2) is 5.78 Å². The molecule has 1 fully saturated rings. The Kier molecular flexibility index (Phi) is 4.81. The van der Waals surface area contributed by atoms with E-state index in [0.717, 1.165) is 22.1 Å². The SMILES string of the molecule is CC(=O)c1ccc(N2CCN(C(=O)c3cc4c(=O)[nH]c5ccccc5c4n3C)CC2)cc1. The molecular weight excluding hydrogens is 404 g/mol. The molecule has 2 aromatic carbocycles. The number of aromatic amines is 1. The molecule has 1 N–H and O–H groups in total. The van der Waals surface area contributed by atoms with E-state index in [-0.39, 0.29) is 17.2 Å². The van der Waals surface area contributed by atoms with Crippen molar-refractivity contribution < 1.29 is 9.59 Å². The largest absolute Gasteiger partial charge is 0.368 e. The summed E-state index contributed by atoms with van der Waals surface area (Å²) in [6.45, 7) is 4.15.